The number of hydrogen-bond donors (Lipinski definition) is 1. The fraction of sp³-hybridized carbons (Fsp3) is 0.381. The fourth-order valence-electron chi connectivity index (χ4n) is 3.58. The molecule has 0 bridgehead atoms. The van der Waals surface area contributed by atoms with Gasteiger partial charge in [0.05, 0.1) is 6.61 Å². The number of aliphatic hydroxyl groups excluding tert-OH is 1. The van der Waals surface area contributed by atoms with E-state index < -0.39 is 7.81 Å². The van der Waals surface area contributed by atoms with E-state index in [1.807, 2.05) is 18.2 Å². The van der Waals surface area contributed by atoms with Crippen LogP contribution < -0.4 is 4.90 Å². The Morgan fingerprint density at radius 2 is 1.42 bits per heavy atom. The van der Waals surface area contributed by atoms with Crippen LogP contribution in [0.15, 0.2) is 48.5 Å². The van der Waals surface area contributed by atoms with Gasteiger partial charge in [-0.2, -0.15) is 0 Å². The minimum atomic E-state index is -10.7. The van der Waals surface area contributed by atoms with Crippen molar-refractivity contribution < 1.29 is 34.9 Å². The van der Waals surface area contributed by atoms with Crippen molar-refractivity contribution in [3.05, 3.63) is 65.2 Å². The Morgan fingerprint density at radius 1 is 0.903 bits per heavy atom. The first-order chi connectivity index (χ1) is 14.2. The summed E-state index contributed by atoms with van der Waals surface area (Å²) in [7, 11) is -10.7. The molecule has 0 spiro atoms. The summed E-state index contributed by atoms with van der Waals surface area (Å²) >= 11 is 0. The van der Waals surface area contributed by atoms with Gasteiger partial charge in [-0.15, -0.1) is 0 Å². The Morgan fingerprint density at radius 3 is 1.87 bits per heavy atom. The van der Waals surface area contributed by atoms with E-state index in [2.05, 4.69) is 60.0 Å². The fourth-order valence-corrected chi connectivity index (χ4v) is 3.58. The molecule has 0 amide bonds. The number of halogens is 6. The number of aryl methyl sites for hydroxylation is 2. The third-order valence-corrected chi connectivity index (χ3v) is 4.90. The van der Waals surface area contributed by atoms with Crippen LogP contribution in [-0.2, 0) is 12.8 Å². The molecule has 3 nitrogen and oxygen atoms in total. The normalized spacial score (nSPS) is 17.2. The summed E-state index contributed by atoms with van der Waals surface area (Å²) in [6, 6.07) is 16.9. The number of anilines is 1. The van der Waals surface area contributed by atoms with E-state index in [1.54, 1.807) is 0 Å². The Balaban J connectivity index is 0.000000423. The summed E-state index contributed by atoms with van der Waals surface area (Å²) in [4.78, 5) is 2.36. The van der Waals surface area contributed by atoms with Crippen LogP contribution in [0.4, 0.5) is 30.9 Å². The number of rotatable bonds is 6. The molecule has 1 aliphatic heterocycles. The van der Waals surface area contributed by atoms with Gasteiger partial charge >= 0.3 is 33.0 Å². The number of benzene rings is 2. The standard InChI is InChI=1S/C21H27N2O.F6P/c1-3-17-11-8-12-18(4-2)21(17)23-14-13-22(16-23)20(15-24)19-9-6-5-7-10-19;1-7(2,3,4,5)6/h5-12,16,20,24H,3-4,13-15H2,1-2H3;/q+1;-1. The molecule has 10 heteroatoms. The Bertz CT molecular complexity index is 883. The van der Waals surface area contributed by atoms with Crippen molar-refractivity contribution in [3.63, 3.8) is 0 Å². The van der Waals surface area contributed by atoms with Crippen molar-refractivity contribution in [2.24, 2.45) is 0 Å². The minimum absolute atomic E-state index is 0.0232. The summed E-state index contributed by atoms with van der Waals surface area (Å²) in [6.07, 6.45) is 4.27. The molecule has 0 saturated carbocycles. The summed E-state index contributed by atoms with van der Waals surface area (Å²) < 4.78 is 61.5. The molecule has 1 aliphatic rings. The van der Waals surface area contributed by atoms with Gasteiger partial charge in [0.25, 0.3) is 0 Å². The van der Waals surface area contributed by atoms with Gasteiger partial charge < -0.3 is 5.11 Å². The second-order valence-electron chi connectivity index (χ2n) is 7.25. The van der Waals surface area contributed by atoms with Gasteiger partial charge in [0.15, 0.2) is 0 Å². The van der Waals surface area contributed by atoms with E-state index in [0.29, 0.717) is 0 Å². The van der Waals surface area contributed by atoms with Crippen LogP contribution in [0.5, 0.6) is 0 Å². The summed E-state index contributed by atoms with van der Waals surface area (Å²) in [5.74, 6) is 0. The molecular weight excluding hydrogens is 441 g/mol. The van der Waals surface area contributed by atoms with E-state index in [1.165, 1.54) is 16.8 Å². The summed E-state index contributed by atoms with van der Waals surface area (Å²) in [5.41, 5.74) is 5.31. The molecule has 1 N–H and O–H groups in total. The zero-order valence-electron chi connectivity index (χ0n) is 17.4. The monoisotopic (exact) mass is 468 g/mol. The Hall–Kier alpha value is -2.12. The predicted molar refractivity (Wildman–Crippen MR) is 114 cm³/mol. The maximum absolute atomic E-state index is 10.7. The average molecular weight is 468 g/mol. The SMILES string of the molecule is CCc1cccc(CC)c1N1C=[N+](C(CO)c2ccccc2)CC1.F[P-](F)(F)(F)(F)F. The average Bonchev–Trinajstić information content (AvgIpc) is 3.15. The van der Waals surface area contributed by atoms with E-state index in [-0.39, 0.29) is 12.6 Å². The molecule has 0 saturated heterocycles. The van der Waals surface area contributed by atoms with Gasteiger partial charge in [0, 0.05) is 0 Å². The third kappa shape index (κ3) is 8.50. The van der Waals surface area contributed by atoms with Crippen molar-refractivity contribution in [3.8, 4) is 0 Å². The summed E-state index contributed by atoms with van der Waals surface area (Å²) in [5, 5.41) is 9.92. The predicted octanol–water partition coefficient (Wildman–Crippen LogP) is 6.79. The molecule has 174 valence electrons. The zero-order chi connectivity index (χ0) is 23.3. The first-order valence-electron chi connectivity index (χ1n) is 9.93. The van der Waals surface area contributed by atoms with Crippen LogP contribution in [0, 0.1) is 0 Å². The van der Waals surface area contributed by atoms with Crippen LogP contribution in [0.25, 0.3) is 0 Å². The topological polar surface area (TPSA) is 26.5 Å². The Labute approximate surface area is 177 Å². The van der Waals surface area contributed by atoms with Crippen LogP contribution in [0.2, 0.25) is 0 Å². The van der Waals surface area contributed by atoms with E-state index >= 15 is 0 Å². The maximum atomic E-state index is 9.92. The van der Waals surface area contributed by atoms with Crippen molar-refractivity contribution >= 4 is 19.8 Å². The van der Waals surface area contributed by atoms with Gasteiger partial charge in [-0.3, -0.25) is 4.58 Å². The zero-order valence-corrected chi connectivity index (χ0v) is 18.3. The molecule has 0 aliphatic carbocycles. The first-order valence-corrected chi connectivity index (χ1v) is 12.0. The molecule has 0 aromatic heterocycles. The summed E-state index contributed by atoms with van der Waals surface area (Å²) in [6.45, 7) is 6.46. The number of para-hydroxylation sites is 1. The van der Waals surface area contributed by atoms with E-state index in [0.717, 1.165) is 31.5 Å². The van der Waals surface area contributed by atoms with Crippen molar-refractivity contribution in [2.45, 2.75) is 32.7 Å². The second kappa shape index (κ2) is 8.79. The Kier molecular flexibility index (Phi) is 7.13. The quantitative estimate of drug-likeness (QED) is 0.287. The van der Waals surface area contributed by atoms with Gasteiger partial charge in [0.2, 0.25) is 6.34 Å². The molecule has 2 aromatic carbocycles. The number of nitrogens with zero attached hydrogens (tertiary/aromatic N) is 2. The molecule has 1 unspecified atom stereocenters. The first kappa shape index (κ1) is 25.1. The van der Waals surface area contributed by atoms with Gasteiger partial charge in [-0.05, 0) is 29.5 Å². The molecule has 1 atom stereocenters. The molecule has 31 heavy (non-hydrogen) atoms. The molecule has 3 rings (SSSR count). The van der Waals surface area contributed by atoms with Gasteiger partial charge in [-0.1, -0.05) is 62.4 Å². The van der Waals surface area contributed by atoms with Crippen LogP contribution >= 0.6 is 7.81 Å². The third-order valence-electron chi connectivity index (χ3n) is 4.90. The molecule has 2 aromatic rings. The van der Waals surface area contributed by atoms with Crippen molar-refractivity contribution in [1.82, 2.24) is 0 Å². The van der Waals surface area contributed by atoms with Crippen LogP contribution in [0.3, 0.4) is 0 Å². The van der Waals surface area contributed by atoms with Gasteiger partial charge in [-0.25, -0.2) is 4.90 Å². The molecule has 0 fully saturated rings. The second-order valence-corrected chi connectivity index (χ2v) is 9.16. The van der Waals surface area contributed by atoms with E-state index in [9.17, 15) is 30.3 Å². The van der Waals surface area contributed by atoms with E-state index in [4.69, 9.17) is 0 Å². The van der Waals surface area contributed by atoms with Gasteiger partial charge in [0.1, 0.15) is 24.8 Å². The molecule has 0 radical (unpaired) electrons. The molecular formula is C21H27F6N2OP. The van der Waals surface area contributed by atoms with Crippen LogP contribution in [0.1, 0.15) is 36.6 Å². The number of hydrogen-bond acceptors (Lipinski definition) is 2. The van der Waals surface area contributed by atoms with Crippen molar-refractivity contribution in [1.29, 1.82) is 0 Å². The van der Waals surface area contributed by atoms with Crippen LogP contribution in [-0.4, -0.2) is 35.7 Å². The molecule has 1 heterocycles. The number of aliphatic hydroxyl groups is 1. The van der Waals surface area contributed by atoms with Crippen molar-refractivity contribution in [2.75, 3.05) is 24.6 Å².